The first kappa shape index (κ1) is 9.91. The maximum absolute atomic E-state index is 5.87. The number of benzene rings is 1. The van der Waals surface area contributed by atoms with Gasteiger partial charge >= 0.3 is 0 Å². The van der Waals surface area contributed by atoms with Crippen molar-refractivity contribution in [2.45, 2.75) is 38.8 Å². The van der Waals surface area contributed by atoms with E-state index in [1.165, 1.54) is 41.4 Å². The van der Waals surface area contributed by atoms with Crippen LogP contribution in [0.4, 0.5) is 0 Å². The van der Waals surface area contributed by atoms with E-state index >= 15 is 0 Å². The zero-order valence-electron chi connectivity index (χ0n) is 9.74. The number of nitrogens with zero attached hydrogens (tertiary/aromatic N) is 1. The summed E-state index contributed by atoms with van der Waals surface area (Å²) in [5.74, 6) is 0. The van der Waals surface area contributed by atoms with Gasteiger partial charge in [0.05, 0.1) is 5.52 Å². The average molecular weight is 214 g/mol. The minimum Gasteiger partial charge on any atom is -0.347 e. The van der Waals surface area contributed by atoms with Crippen molar-refractivity contribution in [1.29, 1.82) is 0 Å². The van der Waals surface area contributed by atoms with Gasteiger partial charge in [-0.25, -0.2) is 0 Å². The highest BCUT2D eigenvalue weighted by Crippen LogP contribution is 2.27. The topological polar surface area (TPSA) is 30.9 Å². The number of hydrogen-bond donors (Lipinski definition) is 1. The Morgan fingerprint density at radius 2 is 2.31 bits per heavy atom. The smallest absolute Gasteiger partial charge is 0.0513 e. The Bertz CT molecular complexity index is 523. The van der Waals surface area contributed by atoms with Crippen LogP contribution in [0.2, 0.25) is 0 Å². The van der Waals surface area contributed by atoms with Gasteiger partial charge in [0.15, 0.2) is 0 Å². The van der Waals surface area contributed by atoms with Crippen molar-refractivity contribution in [3.8, 4) is 0 Å². The number of hydrogen-bond acceptors (Lipinski definition) is 1. The molecule has 2 aromatic rings. The summed E-state index contributed by atoms with van der Waals surface area (Å²) in [6, 6.07) is 7.12. The van der Waals surface area contributed by atoms with Crippen molar-refractivity contribution < 1.29 is 0 Å². The van der Waals surface area contributed by atoms with E-state index in [1.807, 2.05) is 0 Å². The monoisotopic (exact) mass is 214 g/mol. The van der Waals surface area contributed by atoms with Crippen LogP contribution in [0.3, 0.4) is 0 Å². The Balaban J connectivity index is 2.15. The molecule has 2 nitrogen and oxygen atoms in total. The maximum Gasteiger partial charge on any atom is 0.0513 e. The Labute approximate surface area is 96.1 Å². The molecule has 0 spiro atoms. The number of nitrogens with two attached hydrogens (primary N) is 1. The van der Waals surface area contributed by atoms with Gasteiger partial charge in [0.2, 0.25) is 0 Å². The van der Waals surface area contributed by atoms with Crippen LogP contribution in [-0.2, 0) is 19.4 Å². The largest absolute Gasteiger partial charge is 0.347 e. The molecule has 1 aromatic carbocycles. The van der Waals surface area contributed by atoms with Crippen LogP contribution in [-0.4, -0.2) is 10.6 Å². The fourth-order valence-corrected chi connectivity index (χ4v) is 2.82. The maximum atomic E-state index is 5.87. The predicted octanol–water partition coefficient (Wildman–Crippen LogP) is 2.48. The summed E-state index contributed by atoms with van der Waals surface area (Å²) < 4.78 is 2.38. The van der Waals surface area contributed by atoms with Gasteiger partial charge in [-0.3, -0.25) is 0 Å². The second-order valence-electron chi connectivity index (χ2n) is 4.99. The lowest BCUT2D eigenvalue weighted by Crippen LogP contribution is -2.18. The van der Waals surface area contributed by atoms with Crippen LogP contribution in [0.15, 0.2) is 24.4 Å². The van der Waals surface area contributed by atoms with Gasteiger partial charge in [0.1, 0.15) is 0 Å². The Morgan fingerprint density at radius 1 is 1.44 bits per heavy atom. The van der Waals surface area contributed by atoms with E-state index in [-0.39, 0.29) is 6.04 Å². The molecule has 3 rings (SSSR count). The van der Waals surface area contributed by atoms with Crippen LogP contribution in [0.25, 0.3) is 10.9 Å². The molecule has 1 aliphatic heterocycles. The molecule has 1 aliphatic rings. The Hall–Kier alpha value is -1.28. The standard InChI is InChI=1S/C14H18N2/c1-10(15)7-11-8-12-3-2-5-16-6-4-13(9-11)14(12)16/h4,6,8-10H,2-3,5,7,15H2,1H3. The summed E-state index contributed by atoms with van der Waals surface area (Å²) in [5, 5.41) is 1.38. The summed E-state index contributed by atoms with van der Waals surface area (Å²) in [7, 11) is 0. The first-order valence-electron chi connectivity index (χ1n) is 6.10. The quantitative estimate of drug-likeness (QED) is 0.818. The van der Waals surface area contributed by atoms with E-state index in [0.717, 1.165) is 6.42 Å². The van der Waals surface area contributed by atoms with Crippen LogP contribution in [0.1, 0.15) is 24.5 Å². The zero-order chi connectivity index (χ0) is 11.1. The lowest BCUT2D eigenvalue weighted by Gasteiger charge is -2.17. The minimum atomic E-state index is 0.246. The van der Waals surface area contributed by atoms with Crippen molar-refractivity contribution in [2.24, 2.45) is 5.73 Å². The molecule has 1 aromatic heterocycles. The van der Waals surface area contributed by atoms with Crippen molar-refractivity contribution >= 4 is 10.9 Å². The number of aryl methyl sites for hydroxylation is 2. The van der Waals surface area contributed by atoms with E-state index in [4.69, 9.17) is 5.73 Å². The molecule has 1 unspecified atom stereocenters. The van der Waals surface area contributed by atoms with E-state index in [9.17, 15) is 0 Å². The normalized spacial score (nSPS) is 16.6. The molecule has 0 amide bonds. The molecule has 0 bridgehead atoms. The summed E-state index contributed by atoms with van der Waals surface area (Å²) >= 11 is 0. The summed E-state index contributed by atoms with van der Waals surface area (Å²) in [6.45, 7) is 3.24. The fraction of sp³-hybridized carbons (Fsp3) is 0.429. The zero-order valence-corrected chi connectivity index (χ0v) is 9.74. The summed E-state index contributed by atoms with van der Waals surface area (Å²) in [5.41, 5.74) is 10.2. The summed E-state index contributed by atoms with van der Waals surface area (Å²) in [4.78, 5) is 0. The van der Waals surface area contributed by atoms with E-state index in [0.29, 0.717) is 0 Å². The molecule has 1 atom stereocenters. The van der Waals surface area contributed by atoms with Gasteiger partial charge in [0, 0.05) is 24.2 Å². The van der Waals surface area contributed by atoms with Gasteiger partial charge in [-0.15, -0.1) is 0 Å². The molecule has 0 saturated heterocycles. The SMILES string of the molecule is CC(N)Cc1cc2c3c(ccn3CCC2)c1. The molecular weight excluding hydrogens is 196 g/mol. The fourth-order valence-electron chi connectivity index (χ4n) is 2.82. The van der Waals surface area contributed by atoms with Gasteiger partial charge < -0.3 is 10.3 Å². The van der Waals surface area contributed by atoms with E-state index in [2.05, 4.69) is 35.9 Å². The highest BCUT2D eigenvalue weighted by molar-refractivity contribution is 5.84. The second kappa shape index (κ2) is 3.63. The highest BCUT2D eigenvalue weighted by atomic mass is 15.0. The first-order valence-corrected chi connectivity index (χ1v) is 6.10. The third kappa shape index (κ3) is 1.54. The first-order chi connectivity index (χ1) is 7.74. The molecule has 0 radical (unpaired) electrons. The third-order valence-corrected chi connectivity index (χ3v) is 3.40. The number of rotatable bonds is 2. The van der Waals surface area contributed by atoms with Gasteiger partial charge in [-0.2, -0.15) is 0 Å². The molecule has 2 heteroatoms. The van der Waals surface area contributed by atoms with E-state index in [1.54, 1.807) is 0 Å². The lowest BCUT2D eigenvalue weighted by atomic mass is 9.97. The number of aromatic nitrogens is 1. The summed E-state index contributed by atoms with van der Waals surface area (Å²) in [6.07, 6.45) is 5.67. The molecule has 0 aliphatic carbocycles. The molecule has 2 N–H and O–H groups in total. The van der Waals surface area contributed by atoms with Crippen LogP contribution >= 0.6 is 0 Å². The highest BCUT2D eigenvalue weighted by Gasteiger charge is 2.13. The van der Waals surface area contributed by atoms with Crippen LogP contribution in [0, 0.1) is 0 Å². The van der Waals surface area contributed by atoms with E-state index < -0.39 is 0 Å². The second-order valence-corrected chi connectivity index (χ2v) is 4.99. The minimum absolute atomic E-state index is 0.246. The van der Waals surface area contributed by atoms with Crippen LogP contribution < -0.4 is 5.73 Å². The van der Waals surface area contributed by atoms with Gasteiger partial charge in [0.25, 0.3) is 0 Å². The Kier molecular flexibility index (Phi) is 2.25. The van der Waals surface area contributed by atoms with Gasteiger partial charge in [-0.05, 0) is 49.4 Å². The van der Waals surface area contributed by atoms with Crippen molar-refractivity contribution in [3.63, 3.8) is 0 Å². The molecule has 16 heavy (non-hydrogen) atoms. The molecular formula is C14H18N2. The average Bonchev–Trinajstić information content (AvgIpc) is 2.62. The molecule has 2 heterocycles. The van der Waals surface area contributed by atoms with Crippen LogP contribution in [0.5, 0.6) is 0 Å². The van der Waals surface area contributed by atoms with Gasteiger partial charge in [-0.1, -0.05) is 6.07 Å². The molecule has 0 fully saturated rings. The van der Waals surface area contributed by atoms with Crippen molar-refractivity contribution in [2.75, 3.05) is 0 Å². The predicted molar refractivity (Wildman–Crippen MR) is 67.6 cm³/mol. The van der Waals surface area contributed by atoms with Crippen molar-refractivity contribution in [3.05, 3.63) is 35.5 Å². The van der Waals surface area contributed by atoms with Crippen molar-refractivity contribution in [1.82, 2.24) is 4.57 Å². The lowest BCUT2D eigenvalue weighted by molar-refractivity contribution is 0.634. The molecule has 84 valence electrons. The Morgan fingerprint density at radius 3 is 3.12 bits per heavy atom. The third-order valence-electron chi connectivity index (χ3n) is 3.40. The molecule has 0 saturated carbocycles.